The van der Waals surface area contributed by atoms with E-state index in [1.165, 1.54) is 12.8 Å². The van der Waals surface area contributed by atoms with Crippen molar-refractivity contribution in [3.05, 3.63) is 0 Å². The Morgan fingerprint density at radius 2 is 2.29 bits per heavy atom. The van der Waals surface area contributed by atoms with Gasteiger partial charge in [0.2, 0.25) is 5.91 Å². The molecule has 1 saturated heterocycles. The molecule has 1 aliphatic rings. The highest BCUT2D eigenvalue weighted by molar-refractivity contribution is 5.75. The number of amides is 1. The maximum Gasteiger partial charge on any atom is 0.221 e. The number of aliphatic hydroxyl groups is 1. The van der Waals surface area contributed by atoms with Gasteiger partial charge >= 0.3 is 0 Å². The van der Waals surface area contributed by atoms with Crippen molar-refractivity contribution in [3.8, 4) is 0 Å². The van der Waals surface area contributed by atoms with Gasteiger partial charge in [0.1, 0.15) is 0 Å². The monoisotopic (exact) mass is 242 g/mol. The molecule has 0 spiro atoms. The van der Waals surface area contributed by atoms with E-state index in [0.717, 1.165) is 25.9 Å². The lowest BCUT2D eigenvalue weighted by molar-refractivity contribution is -0.121. The molecule has 0 aromatic heterocycles. The molecule has 100 valence electrons. The van der Waals surface area contributed by atoms with Gasteiger partial charge in [-0.25, -0.2) is 0 Å². The number of rotatable bonds is 6. The summed E-state index contributed by atoms with van der Waals surface area (Å²) in [4.78, 5) is 13.8. The van der Waals surface area contributed by atoms with Crippen LogP contribution in [0.15, 0.2) is 0 Å². The fraction of sp³-hybridized carbons (Fsp3) is 0.923. The van der Waals surface area contributed by atoms with Crippen LogP contribution in [-0.4, -0.2) is 47.7 Å². The van der Waals surface area contributed by atoms with Crippen LogP contribution in [0.25, 0.3) is 0 Å². The minimum Gasteiger partial charge on any atom is -0.393 e. The van der Waals surface area contributed by atoms with E-state index in [-0.39, 0.29) is 12.0 Å². The number of hydrogen-bond acceptors (Lipinski definition) is 3. The molecule has 17 heavy (non-hydrogen) atoms. The first-order chi connectivity index (χ1) is 8.13. The Morgan fingerprint density at radius 1 is 1.53 bits per heavy atom. The molecule has 4 heteroatoms. The smallest absolute Gasteiger partial charge is 0.221 e. The van der Waals surface area contributed by atoms with Crippen molar-refractivity contribution in [1.29, 1.82) is 0 Å². The predicted molar refractivity (Wildman–Crippen MR) is 68.8 cm³/mol. The molecule has 2 N–H and O–H groups in total. The minimum absolute atomic E-state index is 0.133. The summed E-state index contributed by atoms with van der Waals surface area (Å²) in [5.41, 5.74) is 0. The number of likely N-dealkylation sites (tertiary alicyclic amines) is 1. The normalized spacial score (nSPS) is 23.4. The summed E-state index contributed by atoms with van der Waals surface area (Å²) < 4.78 is 0. The van der Waals surface area contributed by atoms with Crippen LogP contribution in [0, 0.1) is 0 Å². The van der Waals surface area contributed by atoms with Crippen molar-refractivity contribution in [2.45, 2.75) is 58.1 Å². The van der Waals surface area contributed by atoms with E-state index >= 15 is 0 Å². The van der Waals surface area contributed by atoms with Crippen LogP contribution in [0.5, 0.6) is 0 Å². The second kappa shape index (κ2) is 7.67. The predicted octanol–water partition coefficient (Wildman–Crippen LogP) is 1.14. The van der Waals surface area contributed by atoms with Gasteiger partial charge in [-0.2, -0.15) is 0 Å². The van der Waals surface area contributed by atoms with Crippen LogP contribution in [0.1, 0.15) is 46.0 Å². The van der Waals surface area contributed by atoms with E-state index in [4.69, 9.17) is 0 Å². The fourth-order valence-electron chi connectivity index (χ4n) is 2.55. The molecule has 4 nitrogen and oxygen atoms in total. The molecule has 0 bridgehead atoms. The lowest BCUT2D eigenvalue weighted by atomic mass is 9.97. The van der Waals surface area contributed by atoms with Crippen LogP contribution in [0.3, 0.4) is 0 Å². The molecule has 1 aliphatic heterocycles. The Morgan fingerprint density at radius 3 is 2.94 bits per heavy atom. The summed E-state index contributed by atoms with van der Waals surface area (Å²) in [6.07, 6.45) is 4.77. The van der Waals surface area contributed by atoms with Gasteiger partial charge in [-0.15, -0.1) is 0 Å². The van der Waals surface area contributed by atoms with E-state index < -0.39 is 0 Å². The Hall–Kier alpha value is -0.610. The highest BCUT2D eigenvalue weighted by Gasteiger charge is 2.23. The summed E-state index contributed by atoms with van der Waals surface area (Å²) in [5.74, 6) is 0.133. The third-order valence-electron chi connectivity index (χ3n) is 3.36. The third kappa shape index (κ3) is 5.50. The maximum atomic E-state index is 11.4. The van der Waals surface area contributed by atoms with Crippen molar-refractivity contribution in [2.75, 3.05) is 19.6 Å². The van der Waals surface area contributed by atoms with Crippen LogP contribution >= 0.6 is 0 Å². The first kappa shape index (κ1) is 14.5. The van der Waals surface area contributed by atoms with E-state index in [1.807, 2.05) is 13.8 Å². The molecule has 1 heterocycles. The number of piperidine rings is 1. The summed E-state index contributed by atoms with van der Waals surface area (Å²) in [7, 11) is 0. The number of nitrogens with one attached hydrogen (secondary N) is 1. The van der Waals surface area contributed by atoms with Gasteiger partial charge in [0, 0.05) is 25.6 Å². The van der Waals surface area contributed by atoms with Crippen molar-refractivity contribution in [2.24, 2.45) is 0 Å². The quantitative estimate of drug-likeness (QED) is 0.734. The van der Waals surface area contributed by atoms with Gasteiger partial charge in [0.15, 0.2) is 0 Å². The molecule has 0 aromatic carbocycles. The first-order valence-electron chi connectivity index (χ1n) is 6.82. The highest BCUT2D eigenvalue weighted by atomic mass is 16.3. The maximum absolute atomic E-state index is 11.4. The zero-order valence-corrected chi connectivity index (χ0v) is 11.1. The second-order valence-electron chi connectivity index (χ2n) is 4.97. The van der Waals surface area contributed by atoms with Crippen LogP contribution in [0.4, 0.5) is 0 Å². The van der Waals surface area contributed by atoms with Crippen molar-refractivity contribution >= 4 is 5.91 Å². The molecule has 2 atom stereocenters. The Labute approximate surface area is 104 Å². The van der Waals surface area contributed by atoms with E-state index in [0.29, 0.717) is 19.0 Å². The number of carbonyl (C=O) groups excluding carboxylic acids is 1. The molecule has 0 radical (unpaired) electrons. The molecule has 0 saturated carbocycles. The van der Waals surface area contributed by atoms with Crippen LogP contribution in [0.2, 0.25) is 0 Å². The van der Waals surface area contributed by atoms with Crippen LogP contribution < -0.4 is 5.32 Å². The lowest BCUT2D eigenvalue weighted by Crippen LogP contribution is -2.43. The number of hydrogen-bond donors (Lipinski definition) is 2. The van der Waals surface area contributed by atoms with Gasteiger partial charge in [-0.1, -0.05) is 6.42 Å². The number of nitrogens with zero attached hydrogens (tertiary/aromatic N) is 1. The molecule has 1 rings (SSSR count). The molecular weight excluding hydrogens is 216 g/mol. The Bertz CT molecular complexity index is 231. The molecule has 0 aromatic rings. The van der Waals surface area contributed by atoms with Gasteiger partial charge in [-0.3, -0.25) is 9.69 Å². The molecular formula is C13H26N2O2. The summed E-state index contributed by atoms with van der Waals surface area (Å²) in [5, 5.41) is 12.3. The third-order valence-corrected chi connectivity index (χ3v) is 3.36. The van der Waals surface area contributed by atoms with Crippen molar-refractivity contribution in [3.63, 3.8) is 0 Å². The summed E-state index contributed by atoms with van der Waals surface area (Å²) in [6, 6.07) is 0.457. The van der Waals surface area contributed by atoms with Crippen LogP contribution in [-0.2, 0) is 4.79 Å². The molecule has 0 aliphatic carbocycles. The average molecular weight is 242 g/mol. The molecule has 1 amide bonds. The highest BCUT2D eigenvalue weighted by Crippen LogP contribution is 2.20. The Kier molecular flexibility index (Phi) is 6.52. The number of aliphatic hydroxyl groups excluding tert-OH is 1. The molecule has 2 unspecified atom stereocenters. The SMILES string of the molecule is CCNC(=O)CCN1CCCCC1CC(C)O. The lowest BCUT2D eigenvalue weighted by Gasteiger charge is -2.36. The van der Waals surface area contributed by atoms with Gasteiger partial charge in [0.05, 0.1) is 6.10 Å². The zero-order chi connectivity index (χ0) is 12.7. The second-order valence-corrected chi connectivity index (χ2v) is 4.97. The fourth-order valence-corrected chi connectivity index (χ4v) is 2.55. The average Bonchev–Trinajstić information content (AvgIpc) is 2.27. The topological polar surface area (TPSA) is 52.6 Å². The van der Waals surface area contributed by atoms with E-state index in [9.17, 15) is 9.90 Å². The Balaban J connectivity index is 2.34. The zero-order valence-electron chi connectivity index (χ0n) is 11.1. The summed E-state index contributed by atoms with van der Waals surface area (Å²) >= 11 is 0. The van der Waals surface area contributed by atoms with Crippen molar-refractivity contribution < 1.29 is 9.90 Å². The standard InChI is InChI=1S/C13H26N2O2/c1-3-14-13(17)7-9-15-8-5-4-6-12(15)10-11(2)16/h11-12,16H,3-10H2,1-2H3,(H,14,17). The van der Waals surface area contributed by atoms with Gasteiger partial charge in [0.25, 0.3) is 0 Å². The molecule has 1 fully saturated rings. The van der Waals surface area contributed by atoms with E-state index in [2.05, 4.69) is 10.2 Å². The van der Waals surface area contributed by atoms with E-state index in [1.54, 1.807) is 0 Å². The first-order valence-corrected chi connectivity index (χ1v) is 6.82. The number of carbonyl (C=O) groups is 1. The summed E-state index contributed by atoms with van der Waals surface area (Å²) in [6.45, 7) is 6.38. The van der Waals surface area contributed by atoms with Crippen molar-refractivity contribution in [1.82, 2.24) is 10.2 Å². The largest absolute Gasteiger partial charge is 0.393 e. The van der Waals surface area contributed by atoms with Gasteiger partial charge < -0.3 is 10.4 Å². The van der Waals surface area contributed by atoms with Gasteiger partial charge in [-0.05, 0) is 39.7 Å². The minimum atomic E-state index is -0.245.